The van der Waals surface area contributed by atoms with Gasteiger partial charge in [0.25, 0.3) is 0 Å². The molecule has 12 heteroatoms. The maximum atomic E-state index is 13.6. The van der Waals surface area contributed by atoms with Gasteiger partial charge in [0.05, 0.1) is 6.04 Å². The van der Waals surface area contributed by atoms with Crippen LogP contribution >= 0.6 is 23.2 Å². The summed E-state index contributed by atoms with van der Waals surface area (Å²) in [5.74, 6) is -7.31. The number of nitrogens with one attached hydrogen (secondary N) is 1. The van der Waals surface area contributed by atoms with Gasteiger partial charge in [-0.05, 0) is 41.3 Å². The summed E-state index contributed by atoms with van der Waals surface area (Å²) in [5.41, 5.74) is 1.41. The predicted molar refractivity (Wildman–Crippen MR) is 117 cm³/mol. The summed E-state index contributed by atoms with van der Waals surface area (Å²) in [6.45, 7) is -0.172. The van der Waals surface area contributed by atoms with Crippen LogP contribution in [0.4, 0.5) is 26.3 Å². The molecule has 2 aliphatic heterocycles. The van der Waals surface area contributed by atoms with Crippen LogP contribution in [0.15, 0.2) is 48.5 Å². The molecule has 2 aromatic rings. The second-order valence-electron chi connectivity index (χ2n) is 8.86. The zero-order valence-electron chi connectivity index (χ0n) is 17.8. The van der Waals surface area contributed by atoms with Crippen LogP contribution in [-0.2, 0) is 4.79 Å². The molecule has 0 amide bonds. The molecule has 0 aliphatic carbocycles. The lowest BCUT2D eigenvalue weighted by Gasteiger charge is -2.34. The van der Waals surface area contributed by atoms with Crippen molar-refractivity contribution in [3.8, 4) is 0 Å². The van der Waals surface area contributed by atoms with Crippen LogP contribution in [0.3, 0.4) is 0 Å². The molecule has 2 N–H and O–H groups in total. The smallest absolute Gasteiger partial charge is 0.402 e. The van der Waals surface area contributed by atoms with Crippen molar-refractivity contribution in [2.45, 2.75) is 30.5 Å². The molecule has 0 bridgehead atoms. The Labute approximate surface area is 206 Å². The summed E-state index contributed by atoms with van der Waals surface area (Å²) < 4.78 is 81.4. The van der Waals surface area contributed by atoms with Gasteiger partial charge in [-0.1, -0.05) is 47.5 Å². The topological polar surface area (TPSA) is 52.6 Å². The standard InChI is InChI=1S/C23H20Cl2F6N2O2/c24-13-5-1-11(2-6-13)19(12-3-7-14(25)8-4-12)33-9-15-16(10-33)18(21(34)35)32-17(15)20(22(26,27)28)23(29,30)31/h1-8,15-20,32H,9-10H2,(H,34,35). The molecule has 4 unspecified atom stereocenters. The zero-order chi connectivity index (χ0) is 25.7. The van der Waals surface area contributed by atoms with E-state index in [4.69, 9.17) is 23.2 Å². The largest absolute Gasteiger partial charge is 0.480 e. The van der Waals surface area contributed by atoms with E-state index in [1.807, 2.05) is 0 Å². The van der Waals surface area contributed by atoms with E-state index in [-0.39, 0.29) is 13.1 Å². The van der Waals surface area contributed by atoms with Gasteiger partial charge in [-0.25, -0.2) is 0 Å². The van der Waals surface area contributed by atoms with E-state index in [1.54, 1.807) is 53.4 Å². The molecular weight excluding hydrogens is 521 g/mol. The summed E-state index contributed by atoms with van der Waals surface area (Å²) in [7, 11) is 0. The van der Waals surface area contributed by atoms with Crippen molar-refractivity contribution in [1.82, 2.24) is 10.2 Å². The van der Waals surface area contributed by atoms with Gasteiger partial charge >= 0.3 is 18.3 Å². The minimum absolute atomic E-state index is 0.0104. The number of carboxylic acid groups (broad SMARTS) is 1. The van der Waals surface area contributed by atoms with Crippen LogP contribution in [0.25, 0.3) is 0 Å². The number of halogens is 8. The number of aliphatic carboxylic acids is 1. The fourth-order valence-electron chi connectivity index (χ4n) is 5.38. The summed E-state index contributed by atoms with van der Waals surface area (Å²) in [4.78, 5) is 13.6. The molecule has 2 aromatic carbocycles. The van der Waals surface area contributed by atoms with Gasteiger partial charge < -0.3 is 10.4 Å². The summed E-state index contributed by atoms with van der Waals surface area (Å²) >= 11 is 12.0. The maximum absolute atomic E-state index is 13.6. The van der Waals surface area contributed by atoms with E-state index in [1.165, 1.54) is 0 Å². The molecular formula is C23H20Cl2F6N2O2. The number of fused-ring (bicyclic) bond motifs is 1. The lowest BCUT2D eigenvalue weighted by Crippen LogP contribution is -2.53. The highest BCUT2D eigenvalue weighted by molar-refractivity contribution is 6.30. The normalized spacial score (nSPS) is 25.4. The molecule has 0 radical (unpaired) electrons. The van der Waals surface area contributed by atoms with Crippen LogP contribution in [0.2, 0.25) is 10.0 Å². The first-order valence-electron chi connectivity index (χ1n) is 10.6. The fraction of sp³-hybridized carbons (Fsp3) is 0.435. The van der Waals surface area contributed by atoms with Crippen molar-refractivity contribution in [2.75, 3.05) is 13.1 Å². The van der Waals surface area contributed by atoms with E-state index in [9.17, 15) is 36.2 Å². The van der Waals surface area contributed by atoms with Crippen molar-refractivity contribution in [3.63, 3.8) is 0 Å². The number of hydrogen-bond acceptors (Lipinski definition) is 3. The minimum atomic E-state index is -5.59. The maximum Gasteiger partial charge on any atom is 0.402 e. The average molecular weight is 541 g/mol. The lowest BCUT2D eigenvalue weighted by molar-refractivity contribution is -0.293. The van der Waals surface area contributed by atoms with Crippen molar-refractivity contribution >= 4 is 29.2 Å². The number of benzene rings is 2. The van der Waals surface area contributed by atoms with Crippen LogP contribution in [0.1, 0.15) is 17.2 Å². The molecule has 2 heterocycles. The number of rotatable bonds is 5. The van der Waals surface area contributed by atoms with Gasteiger partial charge in [-0.3, -0.25) is 9.69 Å². The van der Waals surface area contributed by atoms with Crippen LogP contribution in [0.5, 0.6) is 0 Å². The highest BCUT2D eigenvalue weighted by atomic mass is 35.5. The minimum Gasteiger partial charge on any atom is -0.480 e. The van der Waals surface area contributed by atoms with E-state index in [2.05, 4.69) is 5.32 Å². The first-order valence-corrected chi connectivity index (χ1v) is 11.4. The first-order chi connectivity index (χ1) is 16.3. The second kappa shape index (κ2) is 9.46. The zero-order valence-corrected chi connectivity index (χ0v) is 19.3. The number of carbonyl (C=O) groups is 1. The average Bonchev–Trinajstić information content (AvgIpc) is 3.29. The Bertz CT molecular complexity index is 1000. The van der Waals surface area contributed by atoms with Crippen molar-refractivity contribution in [2.24, 2.45) is 17.8 Å². The van der Waals surface area contributed by atoms with Crippen molar-refractivity contribution < 1.29 is 36.2 Å². The van der Waals surface area contributed by atoms with Gasteiger partial charge in [0, 0.05) is 35.1 Å². The number of alkyl halides is 6. The molecule has 2 saturated heterocycles. The van der Waals surface area contributed by atoms with Gasteiger partial charge in [0.1, 0.15) is 6.04 Å². The third kappa shape index (κ3) is 5.26. The Morgan fingerprint density at radius 2 is 1.29 bits per heavy atom. The van der Waals surface area contributed by atoms with Gasteiger partial charge in [0.2, 0.25) is 0 Å². The number of hydrogen-bond donors (Lipinski definition) is 2. The molecule has 4 nitrogen and oxygen atoms in total. The number of likely N-dealkylation sites (tertiary alicyclic amines) is 1. The van der Waals surface area contributed by atoms with E-state index in [0.29, 0.717) is 21.2 Å². The summed E-state index contributed by atoms with van der Waals surface area (Å²) in [5, 5.41) is 12.7. The van der Waals surface area contributed by atoms with Crippen molar-refractivity contribution in [1.29, 1.82) is 0 Å². The Morgan fingerprint density at radius 1 is 0.857 bits per heavy atom. The molecule has 0 aromatic heterocycles. The Morgan fingerprint density at radius 3 is 1.69 bits per heavy atom. The number of nitrogens with zero attached hydrogens (tertiary/aromatic N) is 1. The quantitative estimate of drug-likeness (QED) is 0.471. The molecule has 35 heavy (non-hydrogen) atoms. The second-order valence-corrected chi connectivity index (χ2v) is 9.73. The summed E-state index contributed by atoms with van der Waals surface area (Å²) in [6.07, 6.45) is -11.2. The predicted octanol–water partition coefficient (Wildman–Crippen LogP) is 5.80. The molecule has 2 aliphatic rings. The van der Waals surface area contributed by atoms with E-state index < -0.39 is 54.2 Å². The third-order valence-corrected chi connectivity index (χ3v) is 7.27. The van der Waals surface area contributed by atoms with E-state index in [0.717, 1.165) is 0 Å². The first kappa shape index (κ1) is 26.1. The SMILES string of the molecule is O=C(O)C1NC(C(C(F)(F)F)C(F)(F)F)C2CN(C(c3ccc(Cl)cc3)c3ccc(Cl)cc3)CC12. The van der Waals surface area contributed by atoms with Gasteiger partial charge in [-0.15, -0.1) is 0 Å². The van der Waals surface area contributed by atoms with E-state index >= 15 is 0 Å². The third-order valence-electron chi connectivity index (χ3n) is 6.77. The molecule has 2 fully saturated rings. The monoisotopic (exact) mass is 540 g/mol. The Kier molecular flexibility index (Phi) is 7.04. The fourth-order valence-corrected chi connectivity index (χ4v) is 5.63. The highest BCUT2D eigenvalue weighted by Gasteiger charge is 2.66. The number of carboxylic acids is 1. The van der Waals surface area contributed by atoms with Crippen LogP contribution in [0, 0.1) is 17.8 Å². The Hall–Kier alpha value is -2.01. The highest BCUT2D eigenvalue weighted by Crippen LogP contribution is 2.50. The molecule has 4 atom stereocenters. The Balaban J connectivity index is 1.74. The van der Waals surface area contributed by atoms with Gasteiger partial charge in [0.15, 0.2) is 5.92 Å². The van der Waals surface area contributed by atoms with Gasteiger partial charge in [-0.2, -0.15) is 26.3 Å². The molecule has 4 rings (SSSR count). The van der Waals surface area contributed by atoms with Crippen LogP contribution in [-0.4, -0.2) is 53.5 Å². The van der Waals surface area contributed by atoms with Crippen molar-refractivity contribution in [3.05, 3.63) is 69.7 Å². The molecule has 0 spiro atoms. The molecule has 0 saturated carbocycles. The van der Waals surface area contributed by atoms with Crippen LogP contribution < -0.4 is 5.32 Å². The molecule has 190 valence electrons. The lowest BCUT2D eigenvalue weighted by atomic mass is 9.84. The summed E-state index contributed by atoms with van der Waals surface area (Å²) in [6, 6.07) is 9.16.